The van der Waals surface area contributed by atoms with Crippen molar-refractivity contribution in [1.82, 2.24) is 15.5 Å². The average molecular weight is 323 g/mol. The van der Waals surface area contributed by atoms with Crippen LogP contribution in [0.1, 0.15) is 32.1 Å². The lowest BCUT2D eigenvalue weighted by Crippen LogP contribution is -2.43. The topological polar surface area (TPSA) is 78.5 Å². The summed E-state index contributed by atoms with van der Waals surface area (Å²) in [4.78, 5) is 38.2. The molecule has 1 fully saturated rings. The normalized spacial score (nSPS) is 21.4. The molecule has 2 N–H and O–H groups in total. The van der Waals surface area contributed by atoms with E-state index in [-0.39, 0.29) is 18.4 Å². The standard InChI is InChI=1S/C15H21N3O3S/c1-10(2)6-7-16-12(19)9-18-13(20)15(3,17-14(18)21)11-5-4-8-22-11/h4-5,8,10H,6-7,9H2,1-3H3,(H,16,19)(H,17,21)/t15-/m0/s1. The van der Waals surface area contributed by atoms with Crippen LogP contribution in [0.4, 0.5) is 4.79 Å². The second-order valence-corrected chi connectivity index (χ2v) is 6.90. The molecule has 4 amide bonds. The third-order valence-electron chi connectivity index (χ3n) is 3.63. The van der Waals surface area contributed by atoms with E-state index in [0.29, 0.717) is 12.5 Å². The molecule has 0 aliphatic carbocycles. The quantitative estimate of drug-likeness (QED) is 0.782. The first-order valence-electron chi connectivity index (χ1n) is 7.29. The first kappa shape index (κ1) is 16.5. The number of imide groups is 1. The third-order valence-corrected chi connectivity index (χ3v) is 4.73. The lowest BCUT2D eigenvalue weighted by atomic mass is 10.0. The molecule has 0 saturated carbocycles. The van der Waals surface area contributed by atoms with Crippen LogP contribution < -0.4 is 10.6 Å². The van der Waals surface area contributed by atoms with Crippen LogP contribution in [-0.4, -0.2) is 35.8 Å². The maximum absolute atomic E-state index is 12.5. The Labute approximate surface area is 133 Å². The van der Waals surface area contributed by atoms with Crippen LogP contribution in [0.5, 0.6) is 0 Å². The Balaban J connectivity index is 1.99. The Hall–Kier alpha value is -1.89. The number of carbonyl (C=O) groups is 3. The van der Waals surface area contributed by atoms with E-state index in [1.165, 1.54) is 11.3 Å². The number of carbonyl (C=O) groups excluding carboxylic acids is 3. The van der Waals surface area contributed by atoms with Gasteiger partial charge in [0.25, 0.3) is 5.91 Å². The fourth-order valence-electron chi connectivity index (χ4n) is 2.27. The van der Waals surface area contributed by atoms with E-state index >= 15 is 0 Å². The number of hydrogen-bond acceptors (Lipinski definition) is 4. The SMILES string of the molecule is CC(C)CCNC(=O)CN1C(=O)N[C@@](C)(c2cccs2)C1=O. The molecule has 1 saturated heterocycles. The summed E-state index contributed by atoms with van der Waals surface area (Å²) in [5.74, 6) is -0.224. The molecule has 0 spiro atoms. The average Bonchev–Trinajstić information content (AvgIpc) is 3.03. The van der Waals surface area contributed by atoms with Gasteiger partial charge in [0.05, 0.1) is 0 Å². The van der Waals surface area contributed by atoms with Crippen LogP contribution in [0.3, 0.4) is 0 Å². The van der Waals surface area contributed by atoms with Crippen molar-refractivity contribution in [2.24, 2.45) is 5.92 Å². The number of rotatable bonds is 6. The molecule has 1 aliphatic heterocycles. The van der Waals surface area contributed by atoms with Crippen molar-refractivity contribution in [3.8, 4) is 0 Å². The van der Waals surface area contributed by atoms with Gasteiger partial charge >= 0.3 is 6.03 Å². The minimum absolute atomic E-state index is 0.246. The Morgan fingerprint density at radius 2 is 2.18 bits per heavy atom. The highest BCUT2D eigenvalue weighted by Crippen LogP contribution is 2.31. The number of nitrogens with one attached hydrogen (secondary N) is 2. The first-order chi connectivity index (χ1) is 10.3. The molecule has 0 unspecified atom stereocenters. The second-order valence-electron chi connectivity index (χ2n) is 5.96. The van der Waals surface area contributed by atoms with Crippen molar-refractivity contribution < 1.29 is 14.4 Å². The summed E-state index contributed by atoms with van der Waals surface area (Å²) in [7, 11) is 0. The third kappa shape index (κ3) is 3.30. The number of nitrogens with zero attached hydrogens (tertiary/aromatic N) is 1. The van der Waals surface area contributed by atoms with Gasteiger partial charge < -0.3 is 10.6 Å². The van der Waals surface area contributed by atoms with Crippen molar-refractivity contribution in [1.29, 1.82) is 0 Å². The highest BCUT2D eigenvalue weighted by Gasteiger charge is 2.50. The van der Waals surface area contributed by atoms with Crippen LogP contribution >= 0.6 is 11.3 Å². The fourth-order valence-corrected chi connectivity index (χ4v) is 3.11. The summed E-state index contributed by atoms with van der Waals surface area (Å²) in [6.45, 7) is 6.09. The summed E-state index contributed by atoms with van der Waals surface area (Å²) >= 11 is 1.40. The van der Waals surface area contributed by atoms with Crippen LogP contribution in [0.25, 0.3) is 0 Å². The van der Waals surface area contributed by atoms with E-state index in [4.69, 9.17) is 0 Å². The number of urea groups is 1. The minimum Gasteiger partial charge on any atom is -0.355 e. The van der Waals surface area contributed by atoms with Crippen molar-refractivity contribution in [2.45, 2.75) is 32.7 Å². The van der Waals surface area contributed by atoms with Gasteiger partial charge in [0, 0.05) is 11.4 Å². The predicted octanol–water partition coefficient (Wildman–Crippen LogP) is 1.68. The van der Waals surface area contributed by atoms with Gasteiger partial charge in [0.2, 0.25) is 5.91 Å². The van der Waals surface area contributed by atoms with Crippen molar-refractivity contribution in [3.63, 3.8) is 0 Å². The summed E-state index contributed by atoms with van der Waals surface area (Å²) in [6.07, 6.45) is 0.860. The van der Waals surface area contributed by atoms with E-state index in [9.17, 15) is 14.4 Å². The number of hydrogen-bond donors (Lipinski definition) is 2. The van der Waals surface area contributed by atoms with E-state index in [2.05, 4.69) is 24.5 Å². The van der Waals surface area contributed by atoms with Gasteiger partial charge in [-0.2, -0.15) is 0 Å². The van der Waals surface area contributed by atoms with E-state index < -0.39 is 11.6 Å². The monoisotopic (exact) mass is 323 g/mol. The molecule has 2 heterocycles. The zero-order valence-electron chi connectivity index (χ0n) is 13.0. The van der Waals surface area contributed by atoms with Gasteiger partial charge in [-0.05, 0) is 30.7 Å². The van der Waals surface area contributed by atoms with Crippen LogP contribution in [0.2, 0.25) is 0 Å². The maximum atomic E-state index is 12.5. The molecular formula is C15H21N3O3S. The molecule has 1 aromatic heterocycles. The van der Waals surface area contributed by atoms with E-state index in [1.54, 1.807) is 13.0 Å². The highest BCUT2D eigenvalue weighted by molar-refractivity contribution is 7.10. The van der Waals surface area contributed by atoms with Gasteiger partial charge in [-0.3, -0.25) is 14.5 Å². The fraction of sp³-hybridized carbons (Fsp3) is 0.533. The molecule has 120 valence electrons. The molecule has 1 aliphatic rings. The molecule has 7 heteroatoms. The Kier molecular flexibility index (Phi) is 4.85. The van der Waals surface area contributed by atoms with Gasteiger partial charge in [0.15, 0.2) is 5.54 Å². The molecule has 0 aromatic carbocycles. The predicted molar refractivity (Wildman–Crippen MR) is 84.4 cm³/mol. The minimum atomic E-state index is -1.08. The smallest absolute Gasteiger partial charge is 0.325 e. The summed E-state index contributed by atoms with van der Waals surface area (Å²) < 4.78 is 0. The van der Waals surface area contributed by atoms with Gasteiger partial charge in [-0.15, -0.1) is 11.3 Å². The molecule has 2 rings (SSSR count). The van der Waals surface area contributed by atoms with Crippen LogP contribution in [-0.2, 0) is 15.1 Å². The first-order valence-corrected chi connectivity index (χ1v) is 8.17. The Morgan fingerprint density at radius 1 is 1.45 bits per heavy atom. The second kappa shape index (κ2) is 6.48. The zero-order valence-corrected chi connectivity index (χ0v) is 13.8. The van der Waals surface area contributed by atoms with Crippen molar-refractivity contribution in [2.75, 3.05) is 13.1 Å². The highest BCUT2D eigenvalue weighted by atomic mass is 32.1. The van der Waals surface area contributed by atoms with Crippen LogP contribution in [0.15, 0.2) is 17.5 Å². The van der Waals surface area contributed by atoms with Crippen molar-refractivity contribution >= 4 is 29.2 Å². The summed E-state index contributed by atoms with van der Waals surface area (Å²) in [5, 5.41) is 7.26. The Morgan fingerprint density at radius 3 is 2.77 bits per heavy atom. The molecule has 0 radical (unpaired) electrons. The lowest BCUT2D eigenvalue weighted by Gasteiger charge is -2.20. The largest absolute Gasteiger partial charge is 0.355 e. The molecule has 6 nitrogen and oxygen atoms in total. The number of amides is 4. The van der Waals surface area contributed by atoms with Gasteiger partial charge in [-0.1, -0.05) is 19.9 Å². The molecule has 0 bridgehead atoms. The Bertz CT molecular complexity index is 571. The van der Waals surface area contributed by atoms with Crippen molar-refractivity contribution in [3.05, 3.63) is 22.4 Å². The number of thiophene rings is 1. The van der Waals surface area contributed by atoms with Gasteiger partial charge in [0.1, 0.15) is 6.54 Å². The van der Waals surface area contributed by atoms with E-state index in [1.807, 2.05) is 11.4 Å². The van der Waals surface area contributed by atoms with E-state index in [0.717, 1.165) is 16.2 Å². The molecular weight excluding hydrogens is 302 g/mol. The lowest BCUT2D eigenvalue weighted by molar-refractivity contribution is -0.134. The zero-order chi connectivity index (χ0) is 16.3. The maximum Gasteiger partial charge on any atom is 0.325 e. The molecule has 22 heavy (non-hydrogen) atoms. The van der Waals surface area contributed by atoms with Gasteiger partial charge in [-0.25, -0.2) is 4.79 Å². The molecule has 1 atom stereocenters. The molecule has 1 aromatic rings. The van der Waals surface area contributed by atoms with Crippen LogP contribution in [0, 0.1) is 5.92 Å². The summed E-state index contributed by atoms with van der Waals surface area (Å²) in [5.41, 5.74) is -1.08. The summed E-state index contributed by atoms with van der Waals surface area (Å²) in [6, 6.07) is 3.10.